The summed E-state index contributed by atoms with van der Waals surface area (Å²) in [5.41, 5.74) is 0. The Hall–Kier alpha value is -1.04. The maximum atomic E-state index is 13.3. The second kappa shape index (κ2) is 6.11. The minimum Gasteiger partial charge on any atom is -0.315 e. The topological polar surface area (TPSA) is 34.0 Å². The number of rotatable bonds is 3. The van der Waals surface area contributed by atoms with Gasteiger partial charge < -0.3 is 9.47 Å². The molecule has 3 heterocycles. The second-order valence-corrected chi connectivity index (χ2v) is 7.63. The van der Waals surface area contributed by atoms with Crippen LogP contribution in [0.4, 0.5) is 8.78 Å². The first-order chi connectivity index (χ1) is 11.1. The van der Waals surface area contributed by atoms with Crippen molar-refractivity contribution in [1.29, 1.82) is 0 Å². The molecule has 0 unspecified atom stereocenters. The number of aryl methyl sites for hydroxylation is 1. The van der Waals surface area contributed by atoms with Crippen molar-refractivity contribution in [2.24, 2.45) is 5.92 Å². The summed E-state index contributed by atoms with van der Waals surface area (Å²) in [6.07, 6.45) is 6.10. The molecule has 0 bridgehead atoms. The zero-order chi connectivity index (χ0) is 15.9. The Labute approximate surface area is 136 Å². The highest BCUT2D eigenvalue weighted by atomic mass is 19.3. The van der Waals surface area contributed by atoms with E-state index in [-0.39, 0.29) is 12.8 Å². The van der Waals surface area contributed by atoms with E-state index in [0.717, 1.165) is 44.2 Å². The number of alkyl halides is 2. The van der Waals surface area contributed by atoms with Crippen molar-refractivity contribution in [2.45, 2.75) is 69.8 Å². The van der Waals surface area contributed by atoms with Crippen LogP contribution in [0.25, 0.3) is 0 Å². The lowest BCUT2D eigenvalue weighted by Gasteiger charge is -2.36. The fraction of sp³-hybridized carbons (Fsp3) is 0.882. The SMILES string of the molecule is FC1(F)CCC(CN2CCC[C@@H](c3nnc4n3CCC4)C2)CC1. The van der Waals surface area contributed by atoms with Crippen molar-refractivity contribution >= 4 is 0 Å². The lowest BCUT2D eigenvalue weighted by Crippen LogP contribution is -2.40. The smallest absolute Gasteiger partial charge is 0.248 e. The van der Waals surface area contributed by atoms with Gasteiger partial charge >= 0.3 is 0 Å². The number of likely N-dealkylation sites (tertiary alicyclic amines) is 1. The van der Waals surface area contributed by atoms with E-state index in [2.05, 4.69) is 19.7 Å². The molecule has 1 saturated carbocycles. The molecule has 1 aliphatic carbocycles. The number of hydrogen-bond donors (Lipinski definition) is 0. The third-order valence-corrected chi connectivity index (χ3v) is 5.86. The van der Waals surface area contributed by atoms with Gasteiger partial charge in [0, 0.05) is 44.8 Å². The van der Waals surface area contributed by atoms with Gasteiger partial charge in [-0.25, -0.2) is 8.78 Å². The molecule has 6 heteroatoms. The molecule has 1 atom stereocenters. The normalized spacial score (nSPS) is 28.9. The summed E-state index contributed by atoms with van der Waals surface area (Å²) < 4.78 is 28.9. The van der Waals surface area contributed by atoms with E-state index in [1.165, 1.54) is 19.3 Å². The summed E-state index contributed by atoms with van der Waals surface area (Å²) in [6.45, 7) is 4.16. The number of nitrogens with zero attached hydrogens (tertiary/aromatic N) is 4. The lowest BCUT2D eigenvalue weighted by molar-refractivity contribution is -0.0495. The molecule has 0 radical (unpaired) electrons. The van der Waals surface area contributed by atoms with Crippen molar-refractivity contribution in [3.63, 3.8) is 0 Å². The first kappa shape index (κ1) is 15.5. The molecule has 4 nitrogen and oxygen atoms in total. The first-order valence-electron chi connectivity index (χ1n) is 9.13. The molecule has 0 aromatic carbocycles. The monoisotopic (exact) mass is 324 g/mol. The fourth-order valence-corrected chi connectivity index (χ4v) is 4.55. The molecule has 0 amide bonds. The van der Waals surface area contributed by atoms with Gasteiger partial charge in [-0.2, -0.15) is 0 Å². The largest absolute Gasteiger partial charge is 0.315 e. The number of hydrogen-bond acceptors (Lipinski definition) is 3. The van der Waals surface area contributed by atoms with Crippen LogP contribution >= 0.6 is 0 Å². The van der Waals surface area contributed by atoms with Crippen molar-refractivity contribution in [3.05, 3.63) is 11.6 Å². The van der Waals surface area contributed by atoms with Crippen LogP contribution in [0.3, 0.4) is 0 Å². The van der Waals surface area contributed by atoms with Gasteiger partial charge in [0.2, 0.25) is 5.92 Å². The summed E-state index contributed by atoms with van der Waals surface area (Å²) in [5, 5.41) is 8.79. The zero-order valence-corrected chi connectivity index (χ0v) is 13.7. The van der Waals surface area contributed by atoms with E-state index in [9.17, 15) is 8.78 Å². The van der Waals surface area contributed by atoms with E-state index in [0.29, 0.717) is 24.7 Å². The summed E-state index contributed by atoms with van der Waals surface area (Å²) in [7, 11) is 0. The van der Waals surface area contributed by atoms with Crippen LogP contribution in [0.1, 0.15) is 62.5 Å². The predicted molar refractivity (Wildman–Crippen MR) is 83.7 cm³/mol. The van der Waals surface area contributed by atoms with Gasteiger partial charge in [0.05, 0.1) is 0 Å². The average Bonchev–Trinajstić information content (AvgIpc) is 3.13. The predicted octanol–water partition coefficient (Wildman–Crippen LogP) is 3.23. The Bertz CT molecular complexity index is 547. The summed E-state index contributed by atoms with van der Waals surface area (Å²) in [6, 6.07) is 0. The molecule has 1 aromatic rings. The van der Waals surface area contributed by atoms with Crippen LogP contribution in [0.15, 0.2) is 0 Å². The fourth-order valence-electron chi connectivity index (χ4n) is 4.55. The van der Waals surface area contributed by atoms with Crippen LogP contribution in [-0.4, -0.2) is 45.2 Å². The van der Waals surface area contributed by atoms with Gasteiger partial charge in [0.25, 0.3) is 0 Å². The first-order valence-corrected chi connectivity index (χ1v) is 9.13. The Morgan fingerprint density at radius 2 is 1.87 bits per heavy atom. The molecule has 4 rings (SSSR count). The molecule has 23 heavy (non-hydrogen) atoms. The van der Waals surface area contributed by atoms with Crippen molar-refractivity contribution in [3.8, 4) is 0 Å². The highest BCUT2D eigenvalue weighted by Gasteiger charge is 2.36. The van der Waals surface area contributed by atoms with E-state index in [1.807, 2.05) is 0 Å². The highest BCUT2D eigenvalue weighted by Crippen LogP contribution is 2.37. The Morgan fingerprint density at radius 3 is 2.70 bits per heavy atom. The molecular weight excluding hydrogens is 298 g/mol. The molecule has 3 aliphatic rings. The summed E-state index contributed by atoms with van der Waals surface area (Å²) in [4.78, 5) is 2.49. The van der Waals surface area contributed by atoms with Crippen LogP contribution in [0.2, 0.25) is 0 Å². The Kier molecular flexibility index (Phi) is 4.12. The van der Waals surface area contributed by atoms with Gasteiger partial charge in [-0.1, -0.05) is 0 Å². The van der Waals surface area contributed by atoms with Crippen LogP contribution in [0, 0.1) is 5.92 Å². The third kappa shape index (κ3) is 3.28. The summed E-state index contributed by atoms with van der Waals surface area (Å²) in [5.74, 6) is 0.804. The van der Waals surface area contributed by atoms with Gasteiger partial charge in [-0.15, -0.1) is 10.2 Å². The van der Waals surface area contributed by atoms with Gasteiger partial charge in [0.15, 0.2) is 0 Å². The van der Waals surface area contributed by atoms with Crippen molar-refractivity contribution in [2.75, 3.05) is 19.6 Å². The van der Waals surface area contributed by atoms with Gasteiger partial charge in [-0.05, 0) is 44.6 Å². The number of halogens is 2. The van der Waals surface area contributed by atoms with E-state index < -0.39 is 5.92 Å². The van der Waals surface area contributed by atoms with Crippen LogP contribution in [-0.2, 0) is 13.0 Å². The Morgan fingerprint density at radius 1 is 1.04 bits per heavy atom. The van der Waals surface area contributed by atoms with E-state index in [1.54, 1.807) is 0 Å². The molecule has 1 saturated heterocycles. The number of fused-ring (bicyclic) bond motifs is 1. The average molecular weight is 324 g/mol. The molecular formula is C17H26F2N4. The van der Waals surface area contributed by atoms with Crippen LogP contribution in [0.5, 0.6) is 0 Å². The minimum absolute atomic E-state index is 0.0760. The molecule has 128 valence electrons. The highest BCUT2D eigenvalue weighted by molar-refractivity contribution is 5.07. The lowest BCUT2D eigenvalue weighted by atomic mass is 9.85. The van der Waals surface area contributed by atoms with Crippen molar-refractivity contribution < 1.29 is 8.78 Å². The minimum atomic E-state index is -2.41. The molecule has 1 aromatic heterocycles. The van der Waals surface area contributed by atoms with Gasteiger partial charge in [-0.3, -0.25) is 0 Å². The quantitative estimate of drug-likeness (QED) is 0.856. The van der Waals surface area contributed by atoms with Crippen LogP contribution < -0.4 is 0 Å². The standard InChI is InChI=1S/C17H26F2N4/c18-17(19)7-5-13(6-8-17)11-22-9-1-3-14(12-22)16-21-20-15-4-2-10-23(15)16/h13-14H,1-12H2/t14-/m1/s1. The van der Waals surface area contributed by atoms with Crippen molar-refractivity contribution in [1.82, 2.24) is 19.7 Å². The molecule has 2 aliphatic heterocycles. The zero-order valence-electron chi connectivity index (χ0n) is 13.7. The summed E-state index contributed by atoms with van der Waals surface area (Å²) >= 11 is 0. The van der Waals surface area contributed by atoms with E-state index in [4.69, 9.17) is 0 Å². The number of aromatic nitrogens is 3. The van der Waals surface area contributed by atoms with E-state index >= 15 is 0 Å². The second-order valence-electron chi connectivity index (χ2n) is 7.63. The van der Waals surface area contributed by atoms with Gasteiger partial charge in [0.1, 0.15) is 11.6 Å². The number of piperidine rings is 1. The molecule has 0 N–H and O–H groups in total. The maximum absolute atomic E-state index is 13.3. The molecule has 0 spiro atoms. The Balaban J connectivity index is 1.36. The maximum Gasteiger partial charge on any atom is 0.248 e. The third-order valence-electron chi connectivity index (χ3n) is 5.86. The molecule has 2 fully saturated rings.